The van der Waals surface area contributed by atoms with Crippen LogP contribution in [0, 0.1) is 0 Å². The molecule has 2 N–H and O–H groups in total. The Morgan fingerprint density at radius 2 is 2.14 bits per heavy atom. The molecule has 1 saturated heterocycles. The van der Waals surface area contributed by atoms with E-state index in [2.05, 4.69) is 10.0 Å². The molecule has 1 atom stereocenters. The summed E-state index contributed by atoms with van der Waals surface area (Å²) >= 11 is 0. The van der Waals surface area contributed by atoms with Crippen LogP contribution in [0.2, 0.25) is 0 Å². The van der Waals surface area contributed by atoms with Crippen LogP contribution in [0.4, 0.5) is 0 Å². The Balaban J connectivity index is 1.82. The maximum absolute atomic E-state index is 12.6. The fraction of sp³-hybridized carbons (Fsp3) is 0.533. The summed E-state index contributed by atoms with van der Waals surface area (Å²) in [5.74, 6) is -0.113. The van der Waals surface area contributed by atoms with Gasteiger partial charge in [-0.3, -0.25) is 4.79 Å². The maximum atomic E-state index is 12.6. The van der Waals surface area contributed by atoms with Gasteiger partial charge in [0, 0.05) is 37.3 Å². The second kappa shape index (κ2) is 5.98. The molecule has 3 rings (SSSR count). The van der Waals surface area contributed by atoms with E-state index in [0.717, 1.165) is 25.9 Å². The zero-order chi connectivity index (χ0) is 15.7. The molecule has 1 saturated carbocycles. The van der Waals surface area contributed by atoms with Crippen molar-refractivity contribution in [3.8, 4) is 0 Å². The molecular weight excluding hydrogens is 302 g/mol. The Morgan fingerprint density at radius 1 is 1.36 bits per heavy atom. The van der Waals surface area contributed by atoms with E-state index in [9.17, 15) is 13.2 Å². The van der Waals surface area contributed by atoms with E-state index in [4.69, 9.17) is 0 Å². The quantitative estimate of drug-likeness (QED) is 0.849. The molecule has 0 bridgehead atoms. The molecule has 7 heteroatoms. The molecule has 22 heavy (non-hydrogen) atoms. The minimum Gasteiger partial charge on any atom is -0.333 e. The molecule has 1 aromatic carbocycles. The average molecular weight is 323 g/mol. The van der Waals surface area contributed by atoms with Gasteiger partial charge in [-0.15, -0.1) is 0 Å². The molecule has 0 spiro atoms. The van der Waals surface area contributed by atoms with Gasteiger partial charge in [0.25, 0.3) is 5.91 Å². The third-order valence-corrected chi connectivity index (χ3v) is 5.57. The summed E-state index contributed by atoms with van der Waals surface area (Å²) < 4.78 is 27.1. The number of amides is 1. The summed E-state index contributed by atoms with van der Waals surface area (Å²) in [6.45, 7) is 4.14. The minimum absolute atomic E-state index is 0.0533. The number of benzene rings is 1. The van der Waals surface area contributed by atoms with Crippen LogP contribution in [-0.4, -0.2) is 50.9 Å². The number of piperazine rings is 1. The van der Waals surface area contributed by atoms with Crippen molar-refractivity contribution in [2.45, 2.75) is 36.7 Å². The van der Waals surface area contributed by atoms with Crippen molar-refractivity contribution in [3.63, 3.8) is 0 Å². The molecule has 0 unspecified atom stereocenters. The van der Waals surface area contributed by atoms with Crippen molar-refractivity contribution in [1.29, 1.82) is 0 Å². The summed E-state index contributed by atoms with van der Waals surface area (Å²) in [7, 11) is -3.53. The first kappa shape index (κ1) is 15.5. The van der Waals surface area contributed by atoms with Gasteiger partial charge in [-0.1, -0.05) is 6.07 Å². The topological polar surface area (TPSA) is 78.5 Å². The van der Waals surface area contributed by atoms with Crippen molar-refractivity contribution < 1.29 is 13.2 Å². The average Bonchev–Trinajstić information content (AvgIpc) is 3.30. The van der Waals surface area contributed by atoms with Crippen LogP contribution < -0.4 is 10.0 Å². The van der Waals surface area contributed by atoms with E-state index in [-0.39, 0.29) is 22.9 Å². The molecule has 1 amide bonds. The molecule has 1 aliphatic heterocycles. The predicted octanol–water partition coefficient (Wildman–Crippen LogP) is 0.561. The number of hydrogen-bond acceptors (Lipinski definition) is 4. The molecular formula is C15H21N3O3S. The van der Waals surface area contributed by atoms with Crippen LogP contribution in [0.25, 0.3) is 0 Å². The first-order chi connectivity index (χ1) is 10.5. The maximum Gasteiger partial charge on any atom is 0.254 e. The van der Waals surface area contributed by atoms with Gasteiger partial charge >= 0.3 is 0 Å². The number of carbonyl (C=O) groups is 1. The van der Waals surface area contributed by atoms with Gasteiger partial charge in [0.05, 0.1) is 4.90 Å². The lowest BCUT2D eigenvalue weighted by molar-refractivity contribution is 0.0655. The van der Waals surface area contributed by atoms with E-state index in [0.29, 0.717) is 12.1 Å². The second-order valence-electron chi connectivity index (χ2n) is 5.98. The monoisotopic (exact) mass is 323 g/mol. The largest absolute Gasteiger partial charge is 0.333 e. The van der Waals surface area contributed by atoms with Gasteiger partial charge in [0.15, 0.2) is 0 Å². The molecule has 6 nitrogen and oxygen atoms in total. The van der Waals surface area contributed by atoms with Gasteiger partial charge in [-0.25, -0.2) is 13.1 Å². The fourth-order valence-electron chi connectivity index (χ4n) is 2.59. The van der Waals surface area contributed by atoms with Gasteiger partial charge in [-0.2, -0.15) is 0 Å². The van der Waals surface area contributed by atoms with E-state index >= 15 is 0 Å². The molecule has 1 aliphatic carbocycles. The predicted molar refractivity (Wildman–Crippen MR) is 83.2 cm³/mol. The molecule has 2 fully saturated rings. The van der Waals surface area contributed by atoms with Gasteiger partial charge in [-0.05, 0) is 38.0 Å². The summed E-state index contributed by atoms with van der Waals surface area (Å²) in [4.78, 5) is 14.6. The Kier molecular flexibility index (Phi) is 4.20. The smallest absolute Gasteiger partial charge is 0.254 e. The van der Waals surface area contributed by atoms with Gasteiger partial charge in [0.2, 0.25) is 10.0 Å². The highest BCUT2D eigenvalue weighted by atomic mass is 32.2. The second-order valence-corrected chi connectivity index (χ2v) is 7.69. The van der Waals surface area contributed by atoms with E-state index in [1.165, 1.54) is 12.1 Å². The minimum atomic E-state index is -3.53. The van der Waals surface area contributed by atoms with Crippen molar-refractivity contribution >= 4 is 15.9 Å². The Bertz CT molecular complexity index is 670. The zero-order valence-corrected chi connectivity index (χ0v) is 13.4. The molecule has 0 radical (unpaired) electrons. The van der Waals surface area contributed by atoms with Crippen LogP contribution in [0.3, 0.4) is 0 Å². The first-order valence-corrected chi connectivity index (χ1v) is 9.10. The van der Waals surface area contributed by atoms with Crippen molar-refractivity contribution in [2.75, 3.05) is 19.6 Å². The third-order valence-electron chi connectivity index (χ3n) is 4.05. The van der Waals surface area contributed by atoms with Crippen LogP contribution in [0.1, 0.15) is 30.1 Å². The highest BCUT2D eigenvalue weighted by Crippen LogP contribution is 2.23. The normalized spacial score (nSPS) is 22.6. The molecule has 0 aromatic heterocycles. The summed E-state index contributed by atoms with van der Waals surface area (Å²) in [5.41, 5.74) is 0.424. The lowest BCUT2D eigenvalue weighted by Gasteiger charge is -2.34. The van der Waals surface area contributed by atoms with Crippen LogP contribution >= 0.6 is 0 Å². The van der Waals surface area contributed by atoms with Crippen LogP contribution in [0.15, 0.2) is 29.2 Å². The number of rotatable bonds is 4. The van der Waals surface area contributed by atoms with Crippen molar-refractivity contribution in [1.82, 2.24) is 14.9 Å². The highest BCUT2D eigenvalue weighted by molar-refractivity contribution is 7.89. The summed E-state index contributed by atoms with van der Waals surface area (Å²) in [5, 5.41) is 3.24. The van der Waals surface area contributed by atoms with Gasteiger partial charge in [0.1, 0.15) is 0 Å². The Labute approximate surface area is 130 Å². The van der Waals surface area contributed by atoms with E-state index in [1.54, 1.807) is 17.0 Å². The molecule has 120 valence electrons. The Morgan fingerprint density at radius 3 is 2.82 bits per heavy atom. The molecule has 1 heterocycles. The third kappa shape index (κ3) is 3.31. The van der Waals surface area contributed by atoms with Gasteiger partial charge < -0.3 is 10.2 Å². The molecule has 2 aliphatic rings. The lowest BCUT2D eigenvalue weighted by atomic mass is 10.1. The van der Waals surface area contributed by atoms with Crippen LogP contribution in [0.5, 0.6) is 0 Å². The number of sulfonamides is 1. The van der Waals surface area contributed by atoms with Crippen molar-refractivity contribution in [3.05, 3.63) is 29.8 Å². The number of nitrogens with one attached hydrogen (secondary N) is 2. The summed E-state index contributed by atoms with van der Waals surface area (Å²) in [6, 6.07) is 6.46. The standard InChI is InChI=1S/C15H21N3O3S/c1-11-10-16-7-8-18(11)15(19)12-3-2-4-14(9-12)22(20,21)17-13-5-6-13/h2-4,9,11,13,16-17H,5-8,10H2,1H3/t11-/m1/s1. The number of nitrogens with zero attached hydrogens (tertiary/aromatic N) is 1. The number of hydrogen-bond donors (Lipinski definition) is 2. The molecule has 1 aromatic rings. The first-order valence-electron chi connectivity index (χ1n) is 7.61. The Hall–Kier alpha value is -1.44. The van der Waals surface area contributed by atoms with Crippen molar-refractivity contribution in [2.24, 2.45) is 0 Å². The zero-order valence-electron chi connectivity index (χ0n) is 12.6. The lowest BCUT2D eigenvalue weighted by Crippen LogP contribution is -2.52. The summed E-state index contributed by atoms with van der Waals surface area (Å²) in [6.07, 6.45) is 1.77. The fourth-order valence-corrected chi connectivity index (χ4v) is 3.94. The van der Waals surface area contributed by atoms with Crippen LogP contribution in [-0.2, 0) is 10.0 Å². The number of carbonyl (C=O) groups excluding carboxylic acids is 1. The van der Waals surface area contributed by atoms with E-state index < -0.39 is 10.0 Å². The highest BCUT2D eigenvalue weighted by Gasteiger charge is 2.29. The SMILES string of the molecule is C[C@@H]1CNCCN1C(=O)c1cccc(S(=O)(=O)NC2CC2)c1. The van der Waals surface area contributed by atoms with E-state index in [1.807, 2.05) is 6.92 Å².